The Morgan fingerprint density at radius 2 is 2.13 bits per heavy atom. The van der Waals surface area contributed by atoms with Crippen LogP contribution in [0.3, 0.4) is 0 Å². The van der Waals surface area contributed by atoms with E-state index < -0.39 is 5.60 Å². The van der Waals surface area contributed by atoms with Gasteiger partial charge in [-0.15, -0.1) is 0 Å². The van der Waals surface area contributed by atoms with E-state index in [9.17, 15) is 4.79 Å². The van der Waals surface area contributed by atoms with Crippen LogP contribution in [0.1, 0.15) is 24.7 Å². The average molecular weight is 333 g/mol. The zero-order valence-corrected chi connectivity index (χ0v) is 13.7. The Balaban J connectivity index is 1.72. The van der Waals surface area contributed by atoms with Crippen LogP contribution in [0.2, 0.25) is 5.02 Å². The molecule has 1 atom stereocenters. The van der Waals surface area contributed by atoms with Gasteiger partial charge in [0.05, 0.1) is 18.5 Å². The van der Waals surface area contributed by atoms with E-state index in [1.54, 1.807) is 37.3 Å². The standard InChI is InChI=1S/C17H17ClN2O3/c1-17(16(21)20(2)11-12-6-5-9-22-12)10-15(19-23-17)13-7-3-4-8-14(13)18/h3-9H,10-11H2,1-2H3/t17-/m0/s1. The van der Waals surface area contributed by atoms with Gasteiger partial charge in [0.15, 0.2) is 0 Å². The summed E-state index contributed by atoms with van der Waals surface area (Å²) < 4.78 is 5.28. The predicted molar refractivity (Wildman–Crippen MR) is 87.3 cm³/mol. The number of amides is 1. The van der Waals surface area contributed by atoms with Crippen LogP contribution in [0.25, 0.3) is 0 Å². The summed E-state index contributed by atoms with van der Waals surface area (Å²) in [6, 6.07) is 11.0. The highest BCUT2D eigenvalue weighted by atomic mass is 35.5. The molecule has 3 rings (SSSR count). The van der Waals surface area contributed by atoms with Crippen molar-refractivity contribution in [3.05, 3.63) is 59.0 Å². The Bertz CT molecular complexity index is 742. The molecule has 0 saturated carbocycles. The zero-order valence-electron chi connectivity index (χ0n) is 13.0. The molecule has 0 radical (unpaired) electrons. The Labute approximate surface area is 139 Å². The Kier molecular flexibility index (Phi) is 4.13. The molecule has 0 unspecified atom stereocenters. The van der Waals surface area contributed by atoms with Crippen LogP contribution in [-0.4, -0.2) is 29.2 Å². The van der Waals surface area contributed by atoms with Crippen LogP contribution >= 0.6 is 11.6 Å². The van der Waals surface area contributed by atoms with E-state index >= 15 is 0 Å². The maximum Gasteiger partial charge on any atom is 0.269 e. The fraction of sp³-hybridized carbons (Fsp3) is 0.294. The van der Waals surface area contributed by atoms with Crippen molar-refractivity contribution < 1.29 is 14.0 Å². The summed E-state index contributed by atoms with van der Waals surface area (Å²) in [6.07, 6.45) is 1.96. The lowest BCUT2D eigenvalue weighted by Gasteiger charge is -2.26. The maximum absolute atomic E-state index is 12.7. The van der Waals surface area contributed by atoms with Gasteiger partial charge in [-0.05, 0) is 25.1 Å². The highest BCUT2D eigenvalue weighted by Gasteiger charge is 2.44. The van der Waals surface area contributed by atoms with Crippen molar-refractivity contribution in [1.29, 1.82) is 0 Å². The molecular weight excluding hydrogens is 316 g/mol. The number of oxime groups is 1. The number of furan rings is 1. The third-order valence-electron chi connectivity index (χ3n) is 3.82. The van der Waals surface area contributed by atoms with Crippen molar-refractivity contribution in [2.24, 2.45) is 5.16 Å². The number of likely N-dealkylation sites (N-methyl/N-ethyl adjacent to an activating group) is 1. The summed E-state index contributed by atoms with van der Waals surface area (Å²) in [5, 5.41) is 4.67. The molecule has 0 spiro atoms. The van der Waals surface area contributed by atoms with Gasteiger partial charge in [-0.1, -0.05) is 35.0 Å². The minimum absolute atomic E-state index is 0.153. The quantitative estimate of drug-likeness (QED) is 0.861. The lowest BCUT2D eigenvalue weighted by molar-refractivity contribution is -0.152. The van der Waals surface area contributed by atoms with Crippen molar-refractivity contribution in [1.82, 2.24) is 4.90 Å². The van der Waals surface area contributed by atoms with Gasteiger partial charge in [0, 0.05) is 24.1 Å². The van der Waals surface area contributed by atoms with Crippen LogP contribution in [-0.2, 0) is 16.2 Å². The van der Waals surface area contributed by atoms with Gasteiger partial charge in [-0.25, -0.2) is 0 Å². The fourth-order valence-corrected chi connectivity index (χ4v) is 2.85. The van der Waals surface area contributed by atoms with E-state index in [1.165, 1.54) is 0 Å². The molecule has 1 amide bonds. The second-order valence-electron chi connectivity index (χ2n) is 5.76. The first-order chi connectivity index (χ1) is 11.0. The van der Waals surface area contributed by atoms with Crippen molar-refractivity contribution in [3.8, 4) is 0 Å². The highest BCUT2D eigenvalue weighted by Crippen LogP contribution is 2.31. The minimum Gasteiger partial charge on any atom is -0.467 e. The molecule has 2 aromatic rings. The van der Waals surface area contributed by atoms with E-state index in [-0.39, 0.29) is 5.91 Å². The normalized spacial score (nSPS) is 20.0. The van der Waals surface area contributed by atoms with Crippen LogP contribution in [0.4, 0.5) is 0 Å². The summed E-state index contributed by atoms with van der Waals surface area (Å²) in [7, 11) is 1.72. The molecule has 1 aliphatic heterocycles. The Morgan fingerprint density at radius 1 is 1.35 bits per heavy atom. The first-order valence-corrected chi connectivity index (χ1v) is 7.65. The second kappa shape index (κ2) is 6.08. The first kappa shape index (κ1) is 15.6. The predicted octanol–water partition coefficient (Wildman–Crippen LogP) is 3.47. The van der Waals surface area contributed by atoms with Crippen molar-refractivity contribution in [2.75, 3.05) is 7.05 Å². The molecule has 0 N–H and O–H groups in total. The molecule has 0 bridgehead atoms. The SMILES string of the molecule is CN(Cc1ccco1)C(=O)[C@]1(C)CC(c2ccccc2Cl)=NO1. The minimum atomic E-state index is -1.03. The number of hydrogen-bond donors (Lipinski definition) is 0. The highest BCUT2D eigenvalue weighted by molar-refractivity contribution is 6.34. The van der Waals surface area contributed by atoms with Gasteiger partial charge in [0.25, 0.3) is 5.91 Å². The van der Waals surface area contributed by atoms with Crippen LogP contribution < -0.4 is 0 Å². The molecule has 120 valence electrons. The van der Waals surface area contributed by atoms with Crippen LogP contribution in [0, 0.1) is 0 Å². The number of benzene rings is 1. The van der Waals surface area contributed by atoms with Crippen LogP contribution in [0.15, 0.2) is 52.2 Å². The van der Waals surface area contributed by atoms with Gasteiger partial charge in [-0.2, -0.15) is 0 Å². The summed E-state index contributed by atoms with van der Waals surface area (Å²) in [5.41, 5.74) is 0.438. The van der Waals surface area contributed by atoms with E-state index in [4.69, 9.17) is 20.9 Å². The van der Waals surface area contributed by atoms with Gasteiger partial charge < -0.3 is 14.2 Å². The summed E-state index contributed by atoms with van der Waals surface area (Å²) in [6.45, 7) is 2.12. The van der Waals surface area contributed by atoms with Crippen molar-refractivity contribution in [2.45, 2.75) is 25.5 Å². The molecule has 6 heteroatoms. The molecule has 5 nitrogen and oxygen atoms in total. The van der Waals surface area contributed by atoms with Gasteiger partial charge in [0.2, 0.25) is 5.60 Å². The number of carbonyl (C=O) groups excluding carboxylic acids is 1. The number of rotatable bonds is 4. The lowest BCUT2D eigenvalue weighted by atomic mass is 9.94. The smallest absolute Gasteiger partial charge is 0.269 e. The van der Waals surface area contributed by atoms with Crippen molar-refractivity contribution >= 4 is 23.2 Å². The Morgan fingerprint density at radius 3 is 2.83 bits per heavy atom. The van der Waals surface area contributed by atoms with E-state index in [0.29, 0.717) is 23.7 Å². The van der Waals surface area contributed by atoms with Gasteiger partial charge in [-0.3, -0.25) is 4.79 Å². The number of halogens is 1. The summed E-state index contributed by atoms with van der Waals surface area (Å²) >= 11 is 6.19. The summed E-state index contributed by atoms with van der Waals surface area (Å²) in [4.78, 5) is 19.8. The first-order valence-electron chi connectivity index (χ1n) is 7.27. The van der Waals surface area contributed by atoms with Gasteiger partial charge in [0.1, 0.15) is 5.76 Å². The molecule has 1 aromatic heterocycles. The van der Waals surface area contributed by atoms with Crippen LogP contribution in [0.5, 0.6) is 0 Å². The number of hydrogen-bond acceptors (Lipinski definition) is 4. The molecule has 0 aliphatic carbocycles. The lowest BCUT2D eigenvalue weighted by Crippen LogP contribution is -2.45. The fourth-order valence-electron chi connectivity index (χ4n) is 2.61. The topological polar surface area (TPSA) is 55.0 Å². The second-order valence-corrected chi connectivity index (χ2v) is 6.16. The summed E-state index contributed by atoms with van der Waals surface area (Å²) in [5.74, 6) is 0.564. The van der Waals surface area contributed by atoms with E-state index in [2.05, 4.69) is 5.16 Å². The van der Waals surface area contributed by atoms with E-state index in [0.717, 1.165) is 11.3 Å². The Hall–Kier alpha value is -2.27. The van der Waals surface area contributed by atoms with E-state index in [1.807, 2.05) is 24.3 Å². The van der Waals surface area contributed by atoms with Gasteiger partial charge >= 0.3 is 0 Å². The molecule has 1 aliphatic rings. The van der Waals surface area contributed by atoms with Crippen molar-refractivity contribution in [3.63, 3.8) is 0 Å². The number of carbonyl (C=O) groups is 1. The largest absolute Gasteiger partial charge is 0.467 e. The average Bonchev–Trinajstić information content (AvgIpc) is 3.17. The third kappa shape index (κ3) is 3.10. The molecule has 0 saturated heterocycles. The molecule has 0 fully saturated rings. The maximum atomic E-state index is 12.7. The zero-order chi connectivity index (χ0) is 16.4. The third-order valence-corrected chi connectivity index (χ3v) is 4.15. The molecule has 1 aromatic carbocycles. The molecular formula is C17H17ClN2O3. The monoisotopic (exact) mass is 332 g/mol. The molecule has 2 heterocycles. The number of nitrogens with zero attached hydrogens (tertiary/aromatic N) is 2. The molecule has 23 heavy (non-hydrogen) atoms.